The minimum Gasteiger partial charge on any atom is -0.480 e. The van der Waals surface area contributed by atoms with E-state index in [1.54, 1.807) is 52.0 Å². The van der Waals surface area contributed by atoms with E-state index < -0.39 is 23.7 Å². The first-order valence-electron chi connectivity index (χ1n) is 6.27. The van der Waals surface area contributed by atoms with Crippen molar-refractivity contribution in [3.05, 3.63) is 24.3 Å². The molecule has 6 heteroatoms. The van der Waals surface area contributed by atoms with E-state index in [1.165, 1.54) is 0 Å². The van der Waals surface area contributed by atoms with Crippen molar-refractivity contribution in [1.82, 2.24) is 0 Å². The quantitative estimate of drug-likeness (QED) is 0.789. The summed E-state index contributed by atoms with van der Waals surface area (Å²) < 4.78 is 5.12. The van der Waals surface area contributed by atoms with Crippen LogP contribution in [0.4, 0.5) is 16.2 Å². The topological polar surface area (TPSA) is 87.7 Å². The van der Waals surface area contributed by atoms with Crippen molar-refractivity contribution in [2.75, 3.05) is 10.6 Å². The van der Waals surface area contributed by atoms with E-state index >= 15 is 0 Å². The lowest BCUT2D eigenvalue weighted by molar-refractivity contribution is -0.137. The summed E-state index contributed by atoms with van der Waals surface area (Å²) in [5.41, 5.74) is 0.685. The van der Waals surface area contributed by atoms with Crippen LogP contribution in [-0.4, -0.2) is 28.8 Å². The van der Waals surface area contributed by atoms with Gasteiger partial charge in [0.25, 0.3) is 0 Å². The second kappa shape index (κ2) is 6.27. The number of ether oxygens (including phenoxy) is 1. The van der Waals surface area contributed by atoms with Gasteiger partial charge >= 0.3 is 12.1 Å². The molecule has 1 atom stereocenters. The summed E-state index contributed by atoms with van der Waals surface area (Å²) >= 11 is 0. The molecule has 0 saturated carbocycles. The second-order valence-electron chi connectivity index (χ2n) is 5.41. The standard InChI is InChI=1S/C14H20N2O4/c1-9(12(17)18)15-10-5-7-11(8-6-10)16-13(19)20-14(2,3)4/h5-9,15H,1-4H3,(H,16,19)(H,17,18)/t9-/m1/s1. The highest BCUT2D eigenvalue weighted by atomic mass is 16.6. The number of carboxylic acid groups (broad SMARTS) is 1. The Balaban J connectivity index is 2.59. The summed E-state index contributed by atoms with van der Waals surface area (Å²) in [7, 11) is 0. The zero-order valence-electron chi connectivity index (χ0n) is 12.1. The van der Waals surface area contributed by atoms with Crippen LogP contribution in [0, 0.1) is 0 Å². The summed E-state index contributed by atoms with van der Waals surface area (Å²) in [5, 5.41) is 14.2. The smallest absolute Gasteiger partial charge is 0.412 e. The summed E-state index contributed by atoms with van der Waals surface area (Å²) in [5.74, 6) is -0.930. The lowest BCUT2D eigenvalue weighted by atomic mass is 10.2. The molecule has 0 spiro atoms. The maximum atomic E-state index is 11.6. The van der Waals surface area contributed by atoms with E-state index in [0.29, 0.717) is 11.4 Å². The number of benzene rings is 1. The van der Waals surface area contributed by atoms with E-state index in [4.69, 9.17) is 9.84 Å². The van der Waals surface area contributed by atoms with Crippen LogP contribution in [0.25, 0.3) is 0 Å². The third-order valence-electron chi connectivity index (χ3n) is 2.28. The Morgan fingerprint density at radius 1 is 1.15 bits per heavy atom. The molecule has 110 valence electrons. The molecule has 0 aliphatic heterocycles. The van der Waals surface area contributed by atoms with Gasteiger partial charge in [0.05, 0.1) is 0 Å². The van der Waals surface area contributed by atoms with Crippen LogP contribution in [0.1, 0.15) is 27.7 Å². The number of hydrogen-bond donors (Lipinski definition) is 3. The Hall–Kier alpha value is -2.24. The van der Waals surface area contributed by atoms with Gasteiger partial charge in [0.2, 0.25) is 0 Å². The Morgan fingerprint density at radius 3 is 2.10 bits per heavy atom. The van der Waals surface area contributed by atoms with Crippen LogP contribution < -0.4 is 10.6 Å². The van der Waals surface area contributed by atoms with Gasteiger partial charge in [-0.3, -0.25) is 10.1 Å². The first kappa shape index (κ1) is 15.8. The van der Waals surface area contributed by atoms with Gasteiger partial charge < -0.3 is 15.2 Å². The van der Waals surface area contributed by atoms with Crippen molar-refractivity contribution in [3.63, 3.8) is 0 Å². The molecule has 0 fully saturated rings. The first-order chi connectivity index (χ1) is 9.17. The Morgan fingerprint density at radius 2 is 1.65 bits per heavy atom. The fourth-order valence-corrected chi connectivity index (χ4v) is 1.38. The molecule has 1 aromatic carbocycles. The van der Waals surface area contributed by atoms with Gasteiger partial charge in [0.15, 0.2) is 0 Å². The Kier molecular flexibility index (Phi) is 4.96. The van der Waals surface area contributed by atoms with E-state index in [9.17, 15) is 9.59 Å². The first-order valence-corrected chi connectivity index (χ1v) is 6.27. The number of rotatable bonds is 4. The minimum absolute atomic E-state index is 0.530. The number of aliphatic carboxylic acids is 1. The molecule has 3 N–H and O–H groups in total. The summed E-state index contributed by atoms with van der Waals surface area (Å²) in [4.78, 5) is 22.3. The molecule has 0 heterocycles. The van der Waals surface area contributed by atoms with Crippen LogP contribution in [0.15, 0.2) is 24.3 Å². The number of amides is 1. The van der Waals surface area contributed by atoms with Gasteiger partial charge in [-0.25, -0.2) is 4.79 Å². The average molecular weight is 280 g/mol. The van der Waals surface area contributed by atoms with Crippen molar-refractivity contribution in [2.45, 2.75) is 39.3 Å². The average Bonchev–Trinajstić information content (AvgIpc) is 2.28. The highest BCUT2D eigenvalue weighted by Gasteiger charge is 2.16. The lowest BCUT2D eigenvalue weighted by Gasteiger charge is -2.19. The van der Waals surface area contributed by atoms with E-state index in [-0.39, 0.29) is 0 Å². The molecule has 1 aromatic rings. The van der Waals surface area contributed by atoms with Gasteiger partial charge in [-0.15, -0.1) is 0 Å². The van der Waals surface area contributed by atoms with Crippen molar-refractivity contribution < 1.29 is 19.4 Å². The molecule has 20 heavy (non-hydrogen) atoms. The predicted octanol–water partition coefficient (Wildman–Crippen LogP) is 2.92. The SMILES string of the molecule is C[C@@H](Nc1ccc(NC(=O)OC(C)(C)C)cc1)C(=O)O. The zero-order valence-corrected chi connectivity index (χ0v) is 12.1. The largest absolute Gasteiger partial charge is 0.480 e. The number of hydrogen-bond acceptors (Lipinski definition) is 4. The number of nitrogens with one attached hydrogen (secondary N) is 2. The van der Waals surface area contributed by atoms with Crippen LogP contribution >= 0.6 is 0 Å². The molecule has 0 bridgehead atoms. The predicted molar refractivity (Wildman–Crippen MR) is 77.0 cm³/mol. The molecule has 0 unspecified atom stereocenters. The van der Waals surface area contributed by atoms with Gasteiger partial charge in [-0.1, -0.05) is 0 Å². The molecular weight excluding hydrogens is 260 g/mol. The summed E-state index contributed by atoms with van der Waals surface area (Å²) in [6.07, 6.45) is -0.530. The highest BCUT2D eigenvalue weighted by molar-refractivity contribution is 5.85. The molecule has 0 aliphatic rings. The van der Waals surface area contributed by atoms with E-state index in [2.05, 4.69) is 10.6 Å². The number of anilines is 2. The molecule has 0 saturated heterocycles. The summed E-state index contributed by atoms with van der Waals surface area (Å²) in [6, 6.07) is 6.03. The minimum atomic E-state index is -0.930. The molecule has 0 aliphatic carbocycles. The molecule has 0 aromatic heterocycles. The van der Waals surface area contributed by atoms with Gasteiger partial charge in [-0.2, -0.15) is 0 Å². The zero-order chi connectivity index (χ0) is 15.3. The highest BCUT2D eigenvalue weighted by Crippen LogP contribution is 2.16. The van der Waals surface area contributed by atoms with E-state index in [0.717, 1.165) is 0 Å². The number of carbonyl (C=O) groups excluding carboxylic acids is 1. The third-order valence-corrected chi connectivity index (χ3v) is 2.28. The molecule has 1 rings (SSSR count). The fourth-order valence-electron chi connectivity index (χ4n) is 1.38. The monoisotopic (exact) mass is 280 g/mol. The third kappa shape index (κ3) is 5.60. The summed E-state index contributed by atoms with van der Waals surface area (Å²) in [6.45, 7) is 6.90. The van der Waals surface area contributed by atoms with E-state index in [1.807, 2.05) is 0 Å². The maximum absolute atomic E-state index is 11.6. The Bertz CT molecular complexity index is 477. The fraction of sp³-hybridized carbons (Fsp3) is 0.429. The molecule has 6 nitrogen and oxygen atoms in total. The van der Waals surface area contributed by atoms with Crippen LogP contribution in [-0.2, 0) is 9.53 Å². The van der Waals surface area contributed by atoms with Gasteiger partial charge in [0.1, 0.15) is 11.6 Å². The van der Waals surface area contributed by atoms with Crippen LogP contribution in [0.5, 0.6) is 0 Å². The Labute approximate surface area is 118 Å². The maximum Gasteiger partial charge on any atom is 0.412 e. The normalized spacial score (nSPS) is 12.4. The molecule has 0 radical (unpaired) electrons. The van der Waals surface area contributed by atoms with Crippen molar-refractivity contribution in [2.24, 2.45) is 0 Å². The lowest BCUT2D eigenvalue weighted by Crippen LogP contribution is -2.27. The van der Waals surface area contributed by atoms with Gasteiger partial charge in [0, 0.05) is 11.4 Å². The molecular formula is C14H20N2O4. The number of carboxylic acids is 1. The van der Waals surface area contributed by atoms with Crippen molar-refractivity contribution in [3.8, 4) is 0 Å². The van der Waals surface area contributed by atoms with Crippen molar-refractivity contribution >= 4 is 23.4 Å². The van der Waals surface area contributed by atoms with Crippen LogP contribution in [0.2, 0.25) is 0 Å². The van der Waals surface area contributed by atoms with Crippen molar-refractivity contribution in [1.29, 1.82) is 0 Å². The van der Waals surface area contributed by atoms with Crippen LogP contribution in [0.3, 0.4) is 0 Å². The number of carbonyl (C=O) groups is 2. The second-order valence-corrected chi connectivity index (χ2v) is 5.41. The van der Waals surface area contributed by atoms with Gasteiger partial charge in [-0.05, 0) is 52.0 Å². The molecule has 1 amide bonds.